The van der Waals surface area contributed by atoms with Crippen LogP contribution in [0.3, 0.4) is 0 Å². The van der Waals surface area contributed by atoms with Gasteiger partial charge < -0.3 is 5.32 Å². The SMILES string of the molecule is CC#CCCC(=O)CC1CNc2ccccc21. The fourth-order valence-corrected chi connectivity index (χ4v) is 2.24. The minimum atomic E-state index is 0.316. The first kappa shape index (κ1) is 11.7. The van der Waals surface area contributed by atoms with Gasteiger partial charge in [-0.05, 0) is 18.6 Å². The number of carbonyl (C=O) groups excluding carboxylic acids is 1. The first-order valence-electron chi connectivity index (χ1n) is 6.05. The predicted molar refractivity (Wildman–Crippen MR) is 70.0 cm³/mol. The number of para-hydroxylation sites is 1. The molecule has 0 radical (unpaired) electrons. The molecule has 1 heterocycles. The van der Waals surface area contributed by atoms with Crippen LogP contribution < -0.4 is 5.32 Å². The van der Waals surface area contributed by atoms with E-state index in [1.807, 2.05) is 19.1 Å². The van der Waals surface area contributed by atoms with Gasteiger partial charge in [0, 0.05) is 37.4 Å². The molecule has 2 nitrogen and oxygen atoms in total. The van der Waals surface area contributed by atoms with E-state index in [2.05, 4.69) is 29.3 Å². The highest BCUT2D eigenvalue weighted by Crippen LogP contribution is 2.33. The highest BCUT2D eigenvalue weighted by Gasteiger charge is 2.23. The number of rotatable bonds is 4. The summed E-state index contributed by atoms with van der Waals surface area (Å²) in [5.41, 5.74) is 2.46. The molecular weight excluding hydrogens is 210 g/mol. The lowest BCUT2D eigenvalue weighted by Crippen LogP contribution is -2.08. The summed E-state index contributed by atoms with van der Waals surface area (Å²) in [5.74, 6) is 6.41. The predicted octanol–water partition coefficient (Wildman–Crippen LogP) is 2.96. The maximum atomic E-state index is 11.8. The van der Waals surface area contributed by atoms with Crippen molar-refractivity contribution in [3.63, 3.8) is 0 Å². The van der Waals surface area contributed by atoms with Gasteiger partial charge in [0.1, 0.15) is 5.78 Å². The van der Waals surface area contributed by atoms with Gasteiger partial charge in [0.15, 0.2) is 0 Å². The number of fused-ring (bicyclic) bond motifs is 1. The Hall–Kier alpha value is -1.75. The normalized spacial score (nSPS) is 16.6. The molecule has 88 valence electrons. The third-order valence-corrected chi connectivity index (χ3v) is 3.12. The molecule has 1 aromatic carbocycles. The van der Waals surface area contributed by atoms with Crippen molar-refractivity contribution in [1.82, 2.24) is 0 Å². The number of hydrogen-bond acceptors (Lipinski definition) is 2. The number of hydrogen-bond donors (Lipinski definition) is 1. The molecule has 0 saturated carbocycles. The van der Waals surface area contributed by atoms with Gasteiger partial charge in [0.2, 0.25) is 0 Å². The van der Waals surface area contributed by atoms with Crippen LogP contribution in [0.15, 0.2) is 24.3 Å². The largest absolute Gasteiger partial charge is 0.384 e. The number of anilines is 1. The second-order valence-electron chi connectivity index (χ2n) is 4.33. The van der Waals surface area contributed by atoms with Gasteiger partial charge in [-0.15, -0.1) is 11.8 Å². The molecule has 1 aliphatic heterocycles. The van der Waals surface area contributed by atoms with Crippen LogP contribution in [0.1, 0.15) is 37.7 Å². The lowest BCUT2D eigenvalue weighted by Gasteiger charge is -2.08. The fraction of sp³-hybridized carbons (Fsp3) is 0.400. The second-order valence-corrected chi connectivity index (χ2v) is 4.33. The minimum Gasteiger partial charge on any atom is -0.384 e. The Morgan fingerprint density at radius 1 is 1.47 bits per heavy atom. The van der Waals surface area contributed by atoms with E-state index in [1.165, 1.54) is 11.3 Å². The highest BCUT2D eigenvalue weighted by molar-refractivity contribution is 5.80. The fourth-order valence-electron chi connectivity index (χ4n) is 2.24. The third-order valence-electron chi connectivity index (χ3n) is 3.12. The average Bonchev–Trinajstić information content (AvgIpc) is 2.73. The van der Waals surface area contributed by atoms with E-state index < -0.39 is 0 Å². The van der Waals surface area contributed by atoms with Crippen LogP contribution in [-0.2, 0) is 4.79 Å². The van der Waals surface area contributed by atoms with Crippen LogP contribution in [0.5, 0.6) is 0 Å². The summed E-state index contributed by atoms with van der Waals surface area (Å²) in [6.07, 6.45) is 1.91. The number of nitrogens with one attached hydrogen (secondary N) is 1. The molecule has 0 spiro atoms. The van der Waals surface area contributed by atoms with Crippen molar-refractivity contribution < 1.29 is 4.79 Å². The molecule has 1 aromatic rings. The Labute approximate surface area is 102 Å². The topological polar surface area (TPSA) is 29.1 Å². The van der Waals surface area contributed by atoms with E-state index in [-0.39, 0.29) is 0 Å². The van der Waals surface area contributed by atoms with Crippen LogP contribution >= 0.6 is 0 Å². The van der Waals surface area contributed by atoms with Crippen LogP contribution in [-0.4, -0.2) is 12.3 Å². The Morgan fingerprint density at radius 3 is 3.12 bits per heavy atom. The zero-order chi connectivity index (χ0) is 12.1. The zero-order valence-electron chi connectivity index (χ0n) is 10.1. The van der Waals surface area contributed by atoms with E-state index in [4.69, 9.17) is 0 Å². The number of carbonyl (C=O) groups is 1. The molecule has 1 N–H and O–H groups in total. The van der Waals surface area contributed by atoms with Gasteiger partial charge in [-0.25, -0.2) is 0 Å². The molecule has 0 saturated heterocycles. The van der Waals surface area contributed by atoms with Crippen molar-refractivity contribution in [1.29, 1.82) is 0 Å². The van der Waals surface area contributed by atoms with Gasteiger partial charge in [-0.3, -0.25) is 4.79 Å². The first-order valence-corrected chi connectivity index (χ1v) is 6.05. The molecule has 0 aromatic heterocycles. The molecule has 0 aliphatic carbocycles. The lowest BCUT2D eigenvalue weighted by molar-refractivity contribution is -0.119. The van der Waals surface area contributed by atoms with E-state index in [0.29, 0.717) is 31.0 Å². The molecule has 0 bridgehead atoms. The third kappa shape index (κ3) is 2.88. The first-order chi connectivity index (χ1) is 8.31. The average molecular weight is 227 g/mol. The maximum Gasteiger partial charge on any atom is 0.134 e. The summed E-state index contributed by atoms with van der Waals surface area (Å²) in [6.45, 7) is 2.69. The van der Waals surface area contributed by atoms with E-state index in [1.54, 1.807) is 0 Å². The van der Waals surface area contributed by atoms with Crippen LogP contribution in [0, 0.1) is 11.8 Å². The lowest BCUT2D eigenvalue weighted by atomic mass is 9.94. The zero-order valence-corrected chi connectivity index (χ0v) is 10.1. The summed E-state index contributed by atoms with van der Waals surface area (Å²) < 4.78 is 0. The van der Waals surface area contributed by atoms with Crippen molar-refractivity contribution in [2.24, 2.45) is 0 Å². The monoisotopic (exact) mass is 227 g/mol. The quantitative estimate of drug-likeness (QED) is 0.801. The van der Waals surface area contributed by atoms with Crippen molar-refractivity contribution in [3.05, 3.63) is 29.8 Å². The van der Waals surface area contributed by atoms with Gasteiger partial charge in [-0.2, -0.15) is 0 Å². The molecule has 17 heavy (non-hydrogen) atoms. The van der Waals surface area contributed by atoms with E-state index in [0.717, 1.165) is 6.54 Å². The van der Waals surface area contributed by atoms with Crippen LogP contribution in [0.25, 0.3) is 0 Å². The number of Topliss-reactive ketones (excluding diaryl/α,β-unsaturated/α-hetero) is 1. The molecule has 1 atom stereocenters. The van der Waals surface area contributed by atoms with Crippen LogP contribution in [0.4, 0.5) is 5.69 Å². The Morgan fingerprint density at radius 2 is 2.29 bits per heavy atom. The summed E-state index contributed by atoms with van der Waals surface area (Å²) in [5, 5.41) is 3.34. The van der Waals surface area contributed by atoms with Crippen molar-refractivity contribution in [2.75, 3.05) is 11.9 Å². The minimum absolute atomic E-state index is 0.316. The van der Waals surface area contributed by atoms with Crippen LogP contribution in [0.2, 0.25) is 0 Å². The molecule has 0 amide bonds. The van der Waals surface area contributed by atoms with Crippen molar-refractivity contribution in [3.8, 4) is 11.8 Å². The van der Waals surface area contributed by atoms with Crippen molar-refractivity contribution in [2.45, 2.75) is 32.1 Å². The molecule has 1 unspecified atom stereocenters. The Balaban J connectivity index is 1.92. The summed E-state index contributed by atoms with van der Waals surface area (Å²) in [4.78, 5) is 11.8. The van der Waals surface area contributed by atoms with E-state index in [9.17, 15) is 4.79 Å². The standard InChI is InChI=1S/C15H17NO/c1-2-3-4-7-13(17)10-12-11-16-15-9-6-5-8-14(12)15/h5-6,8-9,12,16H,4,7,10-11H2,1H3. The molecule has 0 fully saturated rings. The second kappa shape index (κ2) is 5.54. The maximum absolute atomic E-state index is 11.8. The summed E-state index contributed by atoms with van der Waals surface area (Å²) >= 11 is 0. The summed E-state index contributed by atoms with van der Waals surface area (Å²) in [6, 6.07) is 8.24. The Bertz CT molecular complexity index is 467. The highest BCUT2D eigenvalue weighted by atomic mass is 16.1. The molecule has 1 aliphatic rings. The van der Waals surface area contributed by atoms with E-state index >= 15 is 0 Å². The van der Waals surface area contributed by atoms with Gasteiger partial charge in [-0.1, -0.05) is 18.2 Å². The number of ketones is 1. The molecule has 2 heteroatoms. The van der Waals surface area contributed by atoms with Gasteiger partial charge >= 0.3 is 0 Å². The van der Waals surface area contributed by atoms with Crippen molar-refractivity contribution >= 4 is 11.5 Å². The smallest absolute Gasteiger partial charge is 0.134 e. The number of benzene rings is 1. The molecule has 2 rings (SSSR count). The van der Waals surface area contributed by atoms with Gasteiger partial charge in [0.25, 0.3) is 0 Å². The molecular formula is C15H17NO. The Kier molecular flexibility index (Phi) is 3.82. The van der Waals surface area contributed by atoms with Gasteiger partial charge in [0.05, 0.1) is 0 Å². The summed E-state index contributed by atoms with van der Waals surface area (Å²) in [7, 11) is 0.